The van der Waals surface area contributed by atoms with Crippen molar-refractivity contribution in [2.45, 2.75) is 76.9 Å². The van der Waals surface area contributed by atoms with Gasteiger partial charge in [0.25, 0.3) is 0 Å². The lowest BCUT2D eigenvalue weighted by Gasteiger charge is -2.33. The zero-order chi connectivity index (χ0) is 28.4. The van der Waals surface area contributed by atoms with Gasteiger partial charge in [0.1, 0.15) is 17.6 Å². The first-order valence-electron chi connectivity index (χ1n) is 13.6. The summed E-state index contributed by atoms with van der Waals surface area (Å²) in [7, 11) is -2.19. The third-order valence-corrected chi connectivity index (χ3v) is 8.30. The monoisotopic (exact) mass is 561 g/mol. The Morgan fingerprint density at radius 3 is 2.33 bits per heavy atom. The molecule has 10 heteroatoms. The van der Waals surface area contributed by atoms with Crippen LogP contribution in [0.1, 0.15) is 63.9 Å². The van der Waals surface area contributed by atoms with Gasteiger partial charge in [-0.3, -0.25) is 13.9 Å². The minimum Gasteiger partial charge on any atom is -0.497 e. The summed E-state index contributed by atoms with van der Waals surface area (Å²) < 4.78 is 45.4. The zero-order valence-electron chi connectivity index (χ0n) is 23.1. The van der Waals surface area contributed by atoms with Gasteiger partial charge in [-0.05, 0) is 55.5 Å². The Morgan fingerprint density at radius 1 is 1.08 bits per heavy atom. The number of methoxy groups -OCH3 is 1. The molecule has 1 aliphatic rings. The lowest BCUT2D eigenvalue weighted by Crippen LogP contribution is -2.51. The molecule has 8 nitrogen and oxygen atoms in total. The maximum Gasteiger partial charge on any atom is 0.243 e. The second kappa shape index (κ2) is 14.3. The topological polar surface area (TPSA) is 96.0 Å². The molecule has 0 aromatic heterocycles. The number of carbonyl (C=O) groups is 2. The maximum atomic E-state index is 14.4. The second-order valence-corrected chi connectivity index (χ2v) is 11.9. The maximum absolute atomic E-state index is 14.4. The van der Waals surface area contributed by atoms with Gasteiger partial charge in [-0.15, -0.1) is 0 Å². The van der Waals surface area contributed by atoms with Gasteiger partial charge in [0, 0.05) is 25.6 Å². The van der Waals surface area contributed by atoms with Crippen LogP contribution in [-0.2, 0) is 26.2 Å². The predicted octanol–water partition coefficient (Wildman–Crippen LogP) is 4.64. The van der Waals surface area contributed by atoms with Crippen molar-refractivity contribution in [3.8, 4) is 5.75 Å². The molecule has 0 radical (unpaired) electrons. The first-order valence-corrected chi connectivity index (χ1v) is 15.4. The lowest BCUT2D eigenvalue weighted by molar-refractivity contribution is -0.141. The molecule has 1 N–H and O–H groups in total. The zero-order valence-corrected chi connectivity index (χ0v) is 23.9. The van der Waals surface area contributed by atoms with Crippen LogP contribution in [0.3, 0.4) is 0 Å². The average molecular weight is 562 g/mol. The number of hydrogen-bond donors (Lipinski definition) is 1. The first kappa shape index (κ1) is 30.4. The molecule has 0 spiro atoms. The molecule has 0 heterocycles. The first-order chi connectivity index (χ1) is 18.6. The third-order valence-electron chi connectivity index (χ3n) is 7.12. The van der Waals surface area contributed by atoms with E-state index in [-0.39, 0.29) is 49.5 Å². The largest absolute Gasteiger partial charge is 0.497 e. The van der Waals surface area contributed by atoms with Gasteiger partial charge in [0.05, 0.1) is 19.1 Å². The molecule has 2 aromatic rings. The van der Waals surface area contributed by atoms with Gasteiger partial charge in [-0.25, -0.2) is 12.8 Å². The van der Waals surface area contributed by atoms with Crippen molar-refractivity contribution in [3.63, 3.8) is 0 Å². The fraction of sp³-hybridized carbons (Fsp3) is 0.517. The van der Waals surface area contributed by atoms with Crippen LogP contribution in [0.5, 0.6) is 5.75 Å². The Hall–Kier alpha value is -3.14. The molecule has 1 aliphatic carbocycles. The van der Waals surface area contributed by atoms with E-state index in [1.54, 1.807) is 30.2 Å². The molecular weight excluding hydrogens is 521 g/mol. The number of halogens is 1. The van der Waals surface area contributed by atoms with Crippen LogP contribution in [0.2, 0.25) is 0 Å². The van der Waals surface area contributed by atoms with Crippen molar-refractivity contribution < 1.29 is 27.1 Å². The van der Waals surface area contributed by atoms with E-state index in [2.05, 4.69) is 5.32 Å². The molecule has 1 saturated carbocycles. The van der Waals surface area contributed by atoms with E-state index in [1.807, 2.05) is 19.1 Å². The molecule has 2 amide bonds. The van der Waals surface area contributed by atoms with Gasteiger partial charge >= 0.3 is 0 Å². The number of nitrogens with zero attached hydrogens (tertiary/aromatic N) is 2. The molecule has 1 fully saturated rings. The molecule has 39 heavy (non-hydrogen) atoms. The summed E-state index contributed by atoms with van der Waals surface area (Å²) in [5, 5.41) is 3.15. The van der Waals surface area contributed by atoms with E-state index in [0.717, 1.165) is 41.8 Å². The van der Waals surface area contributed by atoms with Crippen LogP contribution in [-0.4, -0.2) is 57.1 Å². The Labute approximate surface area is 231 Å². The average Bonchev–Trinajstić information content (AvgIpc) is 2.91. The van der Waals surface area contributed by atoms with E-state index in [4.69, 9.17) is 4.74 Å². The minimum absolute atomic E-state index is 0.00381. The summed E-state index contributed by atoms with van der Waals surface area (Å²) in [5.41, 5.74) is 0.790. The Kier molecular flexibility index (Phi) is 11.2. The van der Waals surface area contributed by atoms with Crippen LogP contribution >= 0.6 is 0 Å². The lowest BCUT2D eigenvalue weighted by atomic mass is 9.95. The van der Waals surface area contributed by atoms with E-state index in [1.165, 1.54) is 24.6 Å². The van der Waals surface area contributed by atoms with Crippen LogP contribution in [0.25, 0.3) is 0 Å². The highest BCUT2D eigenvalue weighted by Gasteiger charge is 2.30. The normalized spacial score (nSPS) is 14.9. The number of benzene rings is 2. The van der Waals surface area contributed by atoms with E-state index in [9.17, 15) is 22.4 Å². The number of sulfonamides is 1. The summed E-state index contributed by atoms with van der Waals surface area (Å²) in [6.45, 7) is 2.04. The third kappa shape index (κ3) is 8.68. The molecule has 3 rings (SSSR count). The predicted molar refractivity (Wildman–Crippen MR) is 150 cm³/mol. The standard InChI is InChI=1S/C29H40FN3O5S/c1-4-26(29(35)31-23-11-6-5-7-12-23)32(21-22-16-18-24(38-2)19-17-22)28(34)15-10-20-33(39(3,36)37)27-14-9-8-13-25(27)30/h8-9,13-14,16-19,23,26H,4-7,10-12,15,20-21H2,1-3H3,(H,31,35)/t26-/m1/s1. The molecule has 0 unspecified atom stereocenters. The molecule has 0 bridgehead atoms. The van der Waals surface area contributed by atoms with E-state index >= 15 is 0 Å². The number of rotatable bonds is 13. The minimum atomic E-state index is -3.77. The highest BCUT2D eigenvalue weighted by atomic mass is 32.2. The Balaban J connectivity index is 1.77. The molecule has 0 saturated heterocycles. The number of ether oxygens (including phenoxy) is 1. The summed E-state index contributed by atoms with van der Waals surface area (Å²) in [6.07, 6.45) is 6.82. The molecule has 214 valence electrons. The summed E-state index contributed by atoms with van der Waals surface area (Å²) in [6, 6.07) is 12.4. The van der Waals surface area contributed by atoms with Gasteiger partial charge in [-0.1, -0.05) is 50.5 Å². The van der Waals surface area contributed by atoms with Crippen molar-refractivity contribution >= 4 is 27.5 Å². The number of para-hydroxylation sites is 1. The molecular formula is C29H40FN3O5S. The fourth-order valence-electron chi connectivity index (χ4n) is 5.03. The Bertz CT molecular complexity index is 1200. The quantitative estimate of drug-likeness (QED) is 0.385. The second-order valence-electron chi connectivity index (χ2n) is 10.0. The van der Waals surface area contributed by atoms with Crippen LogP contribution in [0, 0.1) is 5.82 Å². The van der Waals surface area contributed by atoms with Gasteiger partial charge < -0.3 is 15.0 Å². The SMILES string of the molecule is CC[C@H](C(=O)NC1CCCCC1)N(Cc1ccc(OC)cc1)C(=O)CCCN(c1ccccc1F)S(C)(=O)=O. The van der Waals surface area contributed by atoms with Crippen LogP contribution in [0.15, 0.2) is 48.5 Å². The smallest absolute Gasteiger partial charge is 0.243 e. The number of hydrogen-bond acceptors (Lipinski definition) is 5. The molecule has 1 atom stereocenters. The molecule has 2 aromatic carbocycles. The van der Waals surface area contributed by atoms with Crippen molar-refractivity contribution in [2.75, 3.05) is 24.2 Å². The summed E-state index contributed by atoms with van der Waals surface area (Å²) in [5.74, 6) is -0.401. The van der Waals surface area contributed by atoms with Gasteiger partial charge in [-0.2, -0.15) is 0 Å². The van der Waals surface area contributed by atoms with E-state index < -0.39 is 21.9 Å². The van der Waals surface area contributed by atoms with Crippen LogP contribution in [0.4, 0.5) is 10.1 Å². The van der Waals surface area contributed by atoms with Crippen molar-refractivity contribution in [2.24, 2.45) is 0 Å². The summed E-state index contributed by atoms with van der Waals surface area (Å²) >= 11 is 0. The highest BCUT2D eigenvalue weighted by Crippen LogP contribution is 2.23. The van der Waals surface area contributed by atoms with Crippen molar-refractivity contribution in [1.29, 1.82) is 0 Å². The van der Waals surface area contributed by atoms with Crippen molar-refractivity contribution in [3.05, 3.63) is 59.9 Å². The number of anilines is 1. The number of nitrogens with one attached hydrogen (secondary N) is 1. The fourth-order valence-corrected chi connectivity index (χ4v) is 5.99. The molecule has 0 aliphatic heterocycles. The number of amides is 2. The van der Waals surface area contributed by atoms with Crippen LogP contribution < -0.4 is 14.4 Å². The summed E-state index contributed by atoms with van der Waals surface area (Å²) in [4.78, 5) is 28.5. The Morgan fingerprint density at radius 2 is 1.74 bits per heavy atom. The number of carbonyl (C=O) groups excluding carboxylic acids is 2. The van der Waals surface area contributed by atoms with E-state index in [0.29, 0.717) is 12.2 Å². The highest BCUT2D eigenvalue weighted by molar-refractivity contribution is 7.92. The van der Waals surface area contributed by atoms with Gasteiger partial charge in [0.15, 0.2) is 0 Å². The van der Waals surface area contributed by atoms with Gasteiger partial charge in [0.2, 0.25) is 21.8 Å². The van der Waals surface area contributed by atoms with Crippen molar-refractivity contribution in [1.82, 2.24) is 10.2 Å².